The van der Waals surface area contributed by atoms with Crippen molar-refractivity contribution in [1.29, 1.82) is 0 Å². The fraction of sp³-hybridized carbons (Fsp3) is 0.200. The van der Waals surface area contributed by atoms with E-state index in [9.17, 15) is 0 Å². The Labute approximate surface area is 91.2 Å². The highest BCUT2D eigenvalue weighted by Crippen LogP contribution is 2.38. The Hall–Kier alpha value is -0.930. The molecule has 0 spiro atoms. The standard InChI is InChI=1S/C10H10ClNOS/c1-2-13-7-3-4-8-9(10(7)12)6(11)5-14-8/h3-5H,2,12H2,1H3. The van der Waals surface area contributed by atoms with Crippen molar-refractivity contribution in [1.82, 2.24) is 0 Å². The summed E-state index contributed by atoms with van der Waals surface area (Å²) in [5.41, 5.74) is 6.58. The molecule has 0 saturated heterocycles. The van der Waals surface area contributed by atoms with Gasteiger partial charge < -0.3 is 10.5 Å². The van der Waals surface area contributed by atoms with Crippen LogP contribution in [0.3, 0.4) is 0 Å². The van der Waals surface area contributed by atoms with Gasteiger partial charge in [0.15, 0.2) is 0 Å². The Morgan fingerprint density at radius 3 is 3.00 bits per heavy atom. The Bertz CT molecular complexity index is 466. The van der Waals surface area contributed by atoms with E-state index >= 15 is 0 Å². The van der Waals surface area contributed by atoms with Gasteiger partial charge in [-0.2, -0.15) is 0 Å². The summed E-state index contributed by atoms with van der Waals surface area (Å²) < 4.78 is 6.48. The van der Waals surface area contributed by atoms with Crippen LogP contribution < -0.4 is 10.5 Å². The van der Waals surface area contributed by atoms with Gasteiger partial charge in [-0.15, -0.1) is 11.3 Å². The molecule has 0 aliphatic heterocycles. The van der Waals surface area contributed by atoms with Crippen LogP contribution in [0, 0.1) is 0 Å². The molecule has 2 N–H and O–H groups in total. The summed E-state index contributed by atoms with van der Waals surface area (Å²) in [7, 11) is 0. The zero-order chi connectivity index (χ0) is 10.1. The van der Waals surface area contributed by atoms with E-state index in [2.05, 4.69) is 0 Å². The van der Waals surface area contributed by atoms with Crippen molar-refractivity contribution in [2.45, 2.75) is 6.92 Å². The quantitative estimate of drug-likeness (QED) is 0.797. The first-order chi connectivity index (χ1) is 6.74. The highest BCUT2D eigenvalue weighted by Gasteiger charge is 2.09. The molecular weight excluding hydrogens is 218 g/mol. The Morgan fingerprint density at radius 2 is 2.29 bits per heavy atom. The smallest absolute Gasteiger partial charge is 0.142 e. The first kappa shape index (κ1) is 9.62. The lowest BCUT2D eigenvalue weighted by Crippen LogP contribution is -1.96. The molecule has 74 valence electrons. The van der Waals surface area contributed by atoms with E-state index in [4.69, 9.17) is 22.1 Å². The molecule has 0 aliphatic rings. The molecule has 0 unspecified atom stereocenters. The minimum atomic E-state index is 0.609. The molecule has 14 heavy (non-hydrogen) atoms. The molecule has 0 atom stereocenters. The molecule has 0 bridgehead atoms. The maximum atomic E-state index is 6.02. The summed E-state index contributed by atoms with van der Waals surface area (Å²) in [5.74, 6) is 0.709. The molecule has 0 saturated carbocycles. The van der Waals surface area contributed by atoms with Crippen LogP contribution in [0.4, 0.5) is 5.69 Å². The van der Waals surface area contributed by atoms with Crippen molar-refractivity contribution in [3.05, 3.63) is 22.5 Å². The Balaban J connectivity index is 2.66. The van der Waals surface area contributed by atoms with Crippen molar-refractivity contribution in [2.75, 3.05) is 12.3 Å². The lowest BCUT2D eigenvalue weighted by Gasteiger charge is -2.07. The number of fused-ring (bicyclic) bond motifs is 1. The van der Waals surface area contributed by atoms with E-state index in [1.54, 1.807) is 11.3 Å². The molecule has 0 radical (unpaired) electrons. The van der Waals surface area contributed by atoms with Gasteiger partial charge in [-0.25, -0.2) is 0 Å². The van der Waals surface area contributed by atoms with Gasteiger partial charge in [-0.05, 0) is 19.1 Å². The van der Waals surface area contributed by atoms with Crippen LogP contribution >= 0.6 is 22.9 Å². The number of anilines is 1. The average Bonchev–Trinajstić information content (AvgIpc) is 2.54. The molecule has 1 aromatic carbocycles. The van der Waals surface area contributed by atoms with Gasteiger partial charge in [0.05, 0.1) is 17.3 Å². The summed E-state index contributed by atoms with van der Waals surface area (Å²) in [6, 6.07) is 3.86. The Morgan fingerprint density at radius 1 is 1.50 bits per heavy atom. The average molecular weight is 228 g/mol. The van der Waals surface area contributed by atoms with E-state index in [1.807, 2.05) is 24.4 Å². The van der Waals surface area contributed by atoms with Crippen molar-refractivity contribution in [2.24, 2.45) is 0 Å². The third kappa shape index (κ3) is 1.42. The van der Waals surface area contributed by atoms with Gasteiger partial charge in [0, 0.05) is 15.5 Å². The van der Waals surface area contributed by atoms with Crippen LogP contribution in [0.5, 0.6) is 5.75 Å². The normalized spacial score (nSPS) is 10.7. The zero-order valence-corrected chi connectivity index (χ0v) is 9.28. The number of rotatable bonds is 2. The van der Waals surface area contributed by atoms with Crippen molar-refractivity contribution < 1.29 is 4.74 Å². The second-order valence-corrected chi connectivity index (χ2v) is 4.19. The van der Waals surface area contributed by atoms with Crippen LogP contribution in [-0.4, -0.2) is 6.61 Å². The predicted molar refractivity (Wildman–Crippen MR) is 62.4 cm³/mol. The van der Waals surface area contributed by atoms with E-state index in [0.717, 1.165) is 10.1 Å². The molecule has 0 aliphatic carbocycles. The molecular formula is C10H10ClNOS. The maximum Gasteiger partial charge on any atom is 0.142 e. The minimum absolute atomic E-state index is 0.609. The highest BCUT2D eigenvalue weighted by atomic mass is 35.5. The molecule has 1 aromatic heterocycles. The maximum absolute atomic E-state index is 6.02. The predicted octanol–water partition coefficient (Wildman–Crippen LogP) is 3.54. The summed E-state index contributed by atoms with van der Waals surface area (Å²) in [4.78, 5) is 0. The Kier molecular flexibility index (Phi) is 2.52. The van der Waals surface area contributed by atoms with Gasteiger partial charge in [0.1, 0.15) is 5.75 Å². The fourth-order valence-electron chi connectivity index (χ4n) is 1.38. The third-order valence-electron chi connectivity index (χ3n) is 2.00. The van der Waals surface area contributed by atoms with Gasteiger partial charge in [0.2, 0.25) is 0 Å². The number of nitrogen functional groups attached to an aromatic ring is 1. The first-order valence-electron chi connectivity index (χ1n) is 4.32. The van der Waals surface area contributed by atoms with Crippen molar-refractivity contribution in [3.8, 4) is 5.75 Å². The highest BCUT2D eigenvalue weighted by molar-refractivity contribution is 7.18. The molecule has 2 nitrogen and oxygen atoms in total. The molecule has 0 fully saturated rings. The van der Waals surface area contributed by atoms with Gasteiger partial charge in [-0.3, -0.25) is 0 Å². The number of nitrogens with two attached hydrogens (primary N) is 1. The monoisotopic (exact) mass is 227 g/mol. The number of benzene rings is 1. The van der Waals surface area contributed by atoms with Crippen LogP contribution in [0.2, 0.25) is 5.02 Å². The van der Waals surface area contributed by atoms with Crippen LogP contribution in [0.25, 0.3) is 10.1 Å². The van der Waals surface area contributed by atoms with Crippen LogP contribution in [0.1, 0.15) is 6.92 Å². The lowest BCUT2D eigenvalue weighted by molar-refractivity contribution is 0.342. The number of hydrogen-bond donors (Lipinski definition) is 1. The number of hydrogen-bond acceptors (Lipinski definition) is 3. The molecule has 2 aromatic rings. The van der Waals surface area contributed by atoms with Crippen molar-refractivity contribution in [3.63, 3.8) is 0 Å². The molecule has 0 amide bonds. The van der Waals surface area contributed by atoms with E-state index < -0.39 is 0 Å². The SMILES string of the molecule is CCOc1ccc2scc(Cl)c2c1N. The first-order valence-corrected chi connectivity index (χ1v) is 5.57. The number of ether oxygens (including phenoxy) is 1. The largest absolute Gasteiger partial charge is 0.492 e. The van der Waals surface area contributed by atoms with Gasteiger partial charge >= 0.3 is 0 Å². The topological polar surface area (TPSA) is 35.2 Å². The minimum Gasteiger partial charge on any atom is -0.492 e. The van der Waals surface area contributed by atoms with Crippen molar-refractivity contribution >= 4 is 38.7 Å². The van der Waals surface area contributed by atoms with E-state index in [0.29, 0.717) is 23.1 Å². The summed E-state index contributed by atoms with van der Waals surface area (Å²) in [5, 5.41) is 3.49. The third-order valence-corrected chi connectivity index (χ3v) is 3.37. The van der Waals surface area contributed by atoms with Gasteiger partial charge in [-0.1, -0.05) is 11.6 Å². The number of halogens is 1. The van der Waals surface area contributed by atoms with Gasteiger partial charge in [0.25, 0.3) is 0 Å². The van der Waals surface area contributed by atoms with Crippen LogP contribution in [0.15, 0.2) is 17.5 Å². The zero-order valence-electron chi connectivity index (χ0n) is 7.71. The second kappa shape index (κ2) is 3.67. The lowest BCUT2D eigenvalue weighted by atomic mass is 10.2. The molecule has 4 heteroatoms. The molecule has 2 rings (SSSR count). The fourth-order valence-corrected chi connectivity index (χ4v) is 2.61. The number of thiophene rings is 1. The van der Waals surface area contributed by atoms with Crippen LogP contribution in [-0.2, 0) is 0 Å². The summed E-state index contributed by atoms with van der Waals surface area (Å²) in [6.07, 6.45) is 0. The van der Waals surface area contributed by atoms with E-state index in [1.165, 1.54) is 0 Å². The van der Waals surface area contributed by atoms with E-state index in [-0.39, 0.29) is 0 Å². The second-order valence-electron chi connectivity index (χ2n) is 2.87. The summed E-state index contributed by atoms with van der Waals surface area (Å²) in [6.45, 7) is 2.54. The summed E-state index contributed by atoms with van der Waals surface area (Å²) >= 11 is 7.61. The molecule has 1 heterocycles.